The SMILES string of the molecule is CCCCOc1ccc(/C=N\N=C2/NC(=O)[C@H](Cc3c(Cl)cccc3Cl)S2)cc1. The number of nitrogens with one attached hydrogen (secondary N) is 1. The number of hydrogen-bond donors (Lipinski definition) is 1. The zero-order valence-electron chi connectivity index (χ0n) is 15.9. The van der Waals surface area contributed by atoms with Crippen LogP contribution in [0.15, 0.2) is 52.7 Å². The van der Waals surface area contributed by atoms with E-state index in [2.05, 4.69) is 22.4 Å². The fourth-order valence-corrected chi connectivity index (χ4v) is 4.12. The van der Waals surface area contributed by atoms with Gasteiger partial charge in [0, 0.05) is 10.0 Å². The Morgan fingerprint density at radius 1 is 1.17 bits per heavy atom. The Morgan fingerprint density at radius 3 is 2.59 bits per heavy atom. The number of amidine groups is 1. The smallest absolute Gasteiger partial charge is 0.239 e. The molecule has 0 unspecified atom stereocenters. The molecule has 1 aliphatic rings. The zero-order valence-corrected chi connectivity index (χ0v) is 18.2. The van der Waals surface area contributed by atoms with Gasteiger partial charge in [-0.05, 0) is 60.4 Å². The molecule has 5 nitrogen and oxygen atoms in total. The quantitative estimate of drug-likeness (QED) is 0.336. The molecule has 1 saturated heterocycles. The molecule has 1 fully saturated rings. The number of carbonyl (C=O) groups excluding carboxylic acids is 1. The Hall–Kier alpha value is -2.02. The third kappa shape index (κ3) is 6.23. The van der Waals surface area contributed by atoms with Crippen LogP contribution >= 0.6 is 35.0 Å². The fourth-order valence-electron chi connectivity index (χ4n) is 2.63. The maximum Gasteiger partial charge on any atom is 0.239 e. The molecule has 29 heavy (non-hydrogen) atoms. The molecule has 152 valence electrons. The first kappa shape index (κ1) is 21.7. The Morgan fingerprint density at radius 2 is 1.90 bits per heavy atom. The average molecular weight is 450 g/mol. The fraction of sp³-hybridized carbons (Fsp3) is 0.286. The van der Waals surface area contributed by atoms with Crippen LogP contribution in [0.4, 0.5) is 0 Å². The number of unbranched alkanes of at least 4 members (excludes halogenated alkanes) is 1. The summed E-state index contributed by atoms with van der Waals surface area (Å²) < 4.78 is 5.63. The topological polar surface area (TPSA) is 63.1 Å². The summed E-state index contributed by atoms with van der Waals surface area (Å²) in [4.78, 5) is 12.2. The van der Waals surface area contributed by atoms with Crippen LogP contribution in [-0.4, -0.2) is 29.1 Å². The molecular formula is C21H21Cl2N3O2S. The van der Waals surface area contributed by atoms with Crippen molar-refractivity contribution in [2.45, 2.75) is 31.4 Å². The standard InChI is InChI=1S/C21H21Cl2N3O2S/c1-2-3-11-28-15-9-7-14(8-10-15)13-24-26-21-25-20(27)19(29-21)12-16-17(22)5-4-6-18(16)23/h4-10,13,19H,2-3,11-12H2,1H3,(H,25,26,27)/b24-13-/t19-/m0/s1. The normalized spacial score (nSPS) is 17.8. The van der Waals surface area contributed by atoms with E-state index in [1.807, 2.05) is 24.3 Å². The minimum atomic E-state index is -0.346. The lowest BCUT2D eigenvalue weighted by molar-refractivity contribution is -0.118. The summed E-state index contributed by atoms with van der Waals surface area (Å²) in [7, 11) is 0. The maximum atomic E-state index is 12.2. The predicted molar refractivity (Wildman–Crippen MR) is 122 cm³/mol. The predicted octanol–water partition coefficient (Wildman–Crippen LogP) is 5.34. The summed E-state index contributed by atoms with van der Waals surface area (Å²) in [5.74, 6) is 0.704. The van der Waals surface area contributed by atoms with Crippen molar-refractivity contribution in [1.29, 1.82) is 0 Å². The highest BCUT2D eigenvalue weighted by Crippen LogP contribution is 2.30. The van der Waals surface area contributed by atoms with Gasteiger partial charge in [-0.25, -0.2) is 0 Å². The molecule has 1 aliphatic heterocycles. The lowest BCUT2D eigenvalue weighted by Crippen LogP contribution is -2.26. The lowest BCUT2D eigenvalue weighted by atomic mass is 10.1. The maximum absolute atomic E-state index is 12.2. The number of nitrogens with zero attached hydrogens (tertiary/aromatic N) is 2. The van der Waals surface area contributed by atoms with Crippen LogP contribution in [0.25, 0.3) is 0 Å². The summed E-state index contributed by atoms with van der Waals surface area (Å²) in [5, 5.41) is 12.1. The van der Waals surface area contributed by atoms with Crippen LogP contribution in [-0.2, 0) is 11.2 Å². The van der Waals surface area contributed by atoms with E-state index >= 15 is 0 Å². The van der Waals surface area contributed by atoms with E-state index in [1.54, 1.807) is 24.4 Å². The van der Waals surface area contributed by atoms with Crippen molar-refractivity contribution in [2.75, 3.05) is 6.61 Å². The summed E-state index contributed by atoms with van der Waals surface area (Å²) in [6, 6.07) is 12.9. The van der Waals surface area contributed by atoms with Gasteiger partial charge in [-0.2, -0.15) is 5.10 Å². The molecule has 1 heterocycles. The molecule has 1 amide bonds. The van der Waals surface area contributed by atoms with Crippen molar-refractivity contribution in [1.82, 2.24) is 5.32 Å². The number of rotatable bonds is 8. The van der Waals surface area contributed by atoms with Gasteiger partial charge < -0.3 is 10.1 Å². The van der Waals surface area contributed by atoms with E-state index in [9.17, 15) is 4.79 Å². The molecule has 0 aromatic heterocycles. The molecule has 0 radical (unpaired) electrons. The zero-order chi connectivity index (χ0) is 20.6. The van der Waals surface area contributed by atoms with Crippen molar-refractivity contribution in [2.24, 2.45) is 10.2 Å². The van der Waals surface area contributed by atoms with Crippen LogP contribution in [0.5, 0.6) is 5.75 Å². The van der Waals surface area contributed by atoms with E-state index in [0.29, 0.717) is 21.6 Å². The Bertz CT molecular complexity index is 896. The number of amides is 1. The number of thioether (sulfide) groups is 1. The lowest BCUT2D eigenvalue weighted by Gasteiger charge is -2.09. The largest absolute Gasteiger partial charge is 0.494 e. The second-order valence-corrected chi connectivity index (χ2v) is 8.43. The van der Waals surface area contributed by atoms with E-state index in [-0.39, 0.29) is 11.2 Å². The molecule has 8 heteroatoms. The van der Waals surface area contributed by atoms with Gasteiger partial charge in [0.2, 0.25) is 5.91 Å². The van der Waals surface area contributed by atoms with E-state index in [4.69, 9.17) is 27.9 Å². The molecule has 3 rings (SSSR count). The number of carbonyl (C=O) groups is 1. The minimum Gasteiger partial charge on any atom is -0.494 e. The average Bonchev–Trinajstić information content (AvgIpc) is 3.05. The first-order valence-electron chi connectivity index (χ1n) is 9.31. The van der Waals surface area contributed by atoms with Gasteiger partial charge in [-0.3, -0.25) is 4.79 Å². The number of hydrogen-bond acceptors (Lipinski definition) is 5. The van der Waals surface area contributed by atoms with Gasteiger partial charge in [0.15, 0.2) is 5.17 Å². The third-order valence-electron chi connectivity index (χ3n) is 4.23. The van der Waals surface area contributed by atoms with E-state index < -0.39 is 0 Å². The molecule has 0 spiro atoms. The number of halogens is 2. The van der Waals surface area contributed by atoms with Gasteiger partial charge in [-0.1, -0.05) is 54.4 Å². The van der Waals surface area contributed by atoms with Gasteiger partial charge in [0.05, 0.1) is 18.1 Å². The third-order valence-corrected chi connectivity index (χ3v) is 6.01. The Kier molecular flexibility index (Phi) is 7.98. The minimum absolute atomic E-state index is 0.131. The summed E-state index contributed by atoms with van der Waals surface area (Å²) in [6.45, 7) is 2.85. The van der Waals surface area contributed by atoms with Crippen molar-refractivity contribution >= 4 is 52.3 Å². The van der Waals surface area contributed by atoms with Gasteiger partial charge in [-0.15, -0.1) is 5.10 Å². The molecular weight excluding hydrogens is 429 g/mol. The Labute approximate surface area is 184 Å². The van der Waals surface area contributed by atoms with Crippen LogP contribution in [0.1, 0.15) is 30.9 Å². The van der Waals surface area contributed by atoms with Crippen LogP contribution in [0, 0.1) is 0 Å². The molecule has 0 saturated carbocycles. The van der Waals surface area contributed by atoms with Crippen LogP contribution < -0.4 is 10.1 Å². The molecule has 0 bridgehead atoms. The number of ether oxygens (including phenoxy) is 1. The Balaban J connectivity index is 1.57. The first-order valence-corrected chi connectivity index (χ1v) is 10.9. The first-order chi connectivity index (χ1) is 14.1. The summed E-state index contributed by atoms with van der Waals surface area (Å²) >= 11 is 13.7. The molecule has 0 aliphatic carbocycles. The molecule has 2 aromatic carbocycles. The number of benzene rings is 2. The van der Waals surface area contributed by atoms with Crippen molar-refractivity contribution in [3.05, 3.63) is 63.6 Å². The van der Waals surface area contributed by atoms with Crippen molar-refractivity contribution in [3.8, 4) is 5.75 Å². The molecule has 1 N–H and O–H groups in total. The van der Waals surface area contributed by atoms with E-state index in [0.717, 1.165) is 36.3 Å². The van der Waals surface area contributed by atoms with Gasteiger partial charge in [0.25, 0.3) is 0 Å². The van der Waals surface area contributed by atoms with Crippen LogP contribution in [0.2, 0.25) is 10.0 Å². The van der Waals surface area contributed by atoms with Crippen LogP contribution in [0.3, 0.4) is 0 Å². The second-order valence-electron chi connectivity index (χ2n) is 6.42. The highest BCUT2D eigenvalue weighted by molar-refractivity contribution is 8.15. The summed E-state index contributed by atoms with van der Waals surface area (Å²) in [5.41, 5.74) is 1.65. The highest BCUT2D eigenvalue weighted by atomic mass is 35.5. The van der Waals surface area contributed by atoms with Crippen molar-refractivity contribution < 1.29 is 9.53 Å². The molecule has 2 aromatic rings. The molecule has 1 atom stereocenters. The second kappa shape index (κ2) is 10.7. The van der Waals surface area contributed by atoms with Gasteiger partial charge >= 0.3 is 0 Å². The van der Waals surface area contributed by atoms with Crippen molar-refractivity contribution in [3.63, 3.8) is 0 Å². The highest BCUT2D eigenvalue weighted by Gasteiger charge is 2.31. The monoisotopic (exact) mass is 449 g/mol. The van der Waals surface area contributed by atoms with Gasteiger partial charge in [0.1, 0.15) is 5.75 Å². The van der Waals surface area contributed by atoms with E-state index in [1.165, 1.54) is 11.8 Å². The summed E-state index contributed by atoms with van der Waals surface area (Å²) in [6.07, 6.45) is 4.20.